The third-order valence-corrected chi connectivity index (χ3v) is 10.6. The van der Waals surface area contributed by atoms with Gasteiger partial charge in [0.2, 0.25) is 0 Å². The van der Waals surface area contributed by atoms with Crippen LogP contribution < -0.4 is 0 Å². The van der Waals surface area contributed by atoms with Gasteiger partial charge in [-0.1, -0.05) is 164 Å². The molecule has 5 heteroatoms. The second-order valence-corrected chi connectivity index (χ2v) is 14.0. The Morgan fingerprint density at radius 2 is 0.875 bits per heavy atom. The average molecular weight is 717 g/mol. The largest absolute Gasteiger partial charge is 0.455 e. The molecule has 262 valence electrons. The van der Waals surface area contributed by atoms with Gasteiger partial charge in [0.05, 0.1) is 11.0 Å². The molecule has 0 saturated heterocycles. The maximum atomic E-state index is 6.87. The molecule has 0 aliphatic rings. The minimum atomic E-state index is 0.585. The Bertz CT molecular complexity index is 3170. The van der Waals surface area contributed by atoms with Crippen LogP contribution in [0.4, 0.5) is 0 Å². The molecule has 3 heterocycles. The van der Waals surface area contributed by atoms with Gasteiger partial charge >= 0.3 is 0 Å². The molecule has 0 radical (unpaired) electrons. The van der Waals surface area contributed by atoms with Crippen molar-refractivity contribution >= 4 is 43.7 Å². The number of aromatic nitrogens is 4. The van der Waals surface area contributed by atoms with Crippen LogP contribution in [0.1, 0.15) is 0 Å². The summed E-state index contributed by atoms with van der Waals surface area (Å²) in [6, 6.07) is 67.4. The number of benzene rings is 8. The van der Waals surface area contributed by atoms with E-state index in [0.717, 1.165) is 66.5 Å². The van der Waals surface area contributed by atoms with Crippen LogP contribution in [0.3, 0.4) is 0 Å². The van der Waals surface area contributed by atoms with Gasteiger partial charge in [-0.3, -0.25) is 0 Å². The molecule has 11 rings (SSSR count). The molecular weight excluding hydrogens is 685 g/mol. The third-order valence-electron chi connectivity index (χ3n) is 10.6. The van der Waals surface area contributed by atoms with Crippen LogP contribution in [0.5, 0.6) is 0 Å². The molecule has 0 aliphatic heterocycles. The second kappa shape index (κ2) is 13.0. The summed E-state index contributed by atoms with van der Waals surface area (Å²) in [6.07, 6.45) is 0. The van der Waals surface area contributed by atoms with E-state index >= 15 is 0 Å². The van der Waals surface area contributed by atoms with Crippen molar-refractivity contribution in [3.8, 4) is 62.1 Å². The van der Waals surface area contributed by atoms with Crippen molar-refractivity contribution < 1.29 is 4.42 Å². The van der Waals surface area contributed by atoms with Gasteiger partial charge in [0, 0.05) is 49.5 Å². The first-order valence-corrected chi connectivity index (χ1v) is 18.8. The number of para-hydroxylation sites is 1. The zero-order chi connectivity index (χ0) is 37.0. The molecule has 0 unspecified atom stereocenters. The highest BCUT2D eigenvalue weighted by atomic mass is 16.3. The molecule has 56 heavy (non-hydrogen) atoms. The molecule has 3 aromatic heterocycles. The van der Waals surface area contributed by atoms with Crippen molar-refractivity contribution in [2.45, 2.75) is 0 Å². The van der Waals surface area contributed by atoms with Gasteiger partial charge in [0.15, 0.2) is 17.5 Å². The van der Waals surface area contributed by atoms with Gasteiger partial charge in [-0.15, -0.1) is 0 Å². The van der Waals surface area contributed by atoms with Gasteiger partial charge in [0.25, 0.3) is 0 Å². The molecule has 0 N–H and O–H groups in total. The summed E-state index contributed by atoms with van der Waals surface area (Å²) in [5.41, 5.74) is 12.1. The summed E-state index contributed by atoms with van der Waals surface area (Å²) in [4.78, 5) is 15.2. The van der Waals surface area contributed by atoms with Crippen molar-refractivity contribution in [1.29, 1.82) is 0 Å². The predicted molar refractivity (Wildman–Crippen MR) is 229 cm³/mol. The van der Waals surface area contributed by atoms with Crippen molar-refractivity contribution in [1.82, 2.24) is 19.5 Å². The van der Waals surface area contributed by atoms with Crippen molar-refractivity contribution in [3.63, 3.8) is 0 Å². The molecule has 0 amide bonds. The smallest absolute Gasteiger partial charge is 0.164 e. The Hall–Kier alpha value is -7.63. The highest BCUT2D eigenvalue weighted by Crippen LogP contribution is 2.44. The van der Waals surface area contributed by atoms with E-state index in [2.05, 4.69) is 126 Å². The van der Waals surface area contributed by atoms with E-state index in [0.29, 0.717) is 17.5 Å². The maximum Gasteiger partial charge on any atom is 0.164 e. The molecule has 0 spiro atoms. The zero-order valence-corrected chi connectivity index (χ0v) is 30.2. The first-order valence-electron chi connectivity index (χ1n) is 18.8. The molecule has 0 bridgehead atoms. The standard InChI is InChI=1S/C51H32N4O/c1-5-17-33(18-6-1)38-26-15-29-44-46(38)39-25-13-14-28-43(39)55(44)37-31-41(34-19-7-2-8-20-34)48-42(32-37)47-40(27-16-30-45(47)56-48)51-53-49(35-21-9-3-10-22-35)52-50(54-51)36-23-11-4-12-24-36/h1-32H. The number of nitrogens with zero attached hydrogens (tertiary/aromatic N) is 4. The first-order chi connectivity index (χ1) is 27.8. The van der Waals surface area contributed by atoms with Gasteiger partial charge in [-0.05, 0) is 47.0 Å². The number of hydrogen-bond donors (Lipinski definition) is 0. The lowest BCUT2D eigenvalue weighted by Crippen LogP contribution is -2.00. The van der Waals surface area contributed by atoms with Crippen LogP contribution in [0.2, 0.25) is 0 Å². The molecule has 8 aromatic carbocycles. The Labute approximate surface area is 322 Å². The minimum Gasteiger partial charge on any atom is -0.455 e. The number of furan rings is 1. The molecule has 5 nitrogen and oxygen atoms in total. The molecular formula is C51H32N4O. The molecule has 0 fully saturated rings. The van der Waals surface area contributed by atoms with E-state index in [9.17, 15) is 0 Å². The summed E-state index contributed by atoms with van der Waals surface area (Å²) in [5, 5.41) is 4.37. The second-order valence-electron chi connectivity index (χ2n) is 14.0. The fourth-order valence-corrected chi connectivity index (χ4v) is 8.15. The molecule has 0 aliphatic carbocycles. The van der Waals surface area contributed by atoms with Crippen molar-refractivity contribution in [2.24, 2.45) is 0 Å². The average Bonchev–Trinajstić information content (AvgIpc) is 3.83. The van der Waals surface area contributed by atoms with E-state index in [4.69, 9.17) is 19.4 Å². The van der Waals surface area contributed by atoms with E-state index in [1.54, 1.807) is 0 Å². The quantitative estimate of drug-likeness (QED) is 0.172. The summed E-state index contributed by atoms with van der Waals surface area (Å²) in [6.45, 7) is 0. The van der Waals surface area contributed by atoms with E-state index in [-0.39, 0.29) is 0 Å². The van der Waals surface area contributed by atoms with Crippen molar-refractivity contribution in [3.05, 3.63) is 194 Å². The van der Waals surface area contributed by atoms with Gasteiger partial charge in [-0.2, -0.15) is 0 Å². The fraction of sp³-hybridized carbons (Fsp3) is 0. The van der Waals surface area contributed by atoms with E-state index < -0.39 is 0 Å². The molecule has 0 saturated carbocycles. The zero-order valence-electron chi connectivity index (χ0n) is 30.2. The predicted octanol–water partition coefficient (Wildman–Crippen LogP) is 13.2. The molecule has 11 aromatic rings. The molecule has 0 atom stereocenters. The van der Waals surface area contributed by atoms with Gasteiger partial charge in [0.1, 0.15) is 11.2 Å². The topological polar surface area (TPSA) is 56.7 Å². The fourth-order valence-electron chi connectivity index (χ4n) is 8.15. The van der Waals surface area contributed by atoms with Crippen LogP contribution in [0.15, 0.2) is 199 Å². The SMILES string of the molecule is c1ccc(-c2nc(-c3ccccc3)nc(-c3cccc4oc5c(-c6ccccc6)cc(-n6c7ccccc7c7c(-c8ccccc8)cccc76)cc5c34)n2)cc1. The highest BCUT2D eigenvalue weighted by molar-refractivity contribution is 6.18. The normalized spacial score (nSPS) is 11.6. The summed E-state index contributed by atoms with van der Waals surface area (Å²) in [5.74, 6) is 1.82. The third kappa shape index (κ3) is 5.21. The van der Waals surface area contributed by atoms with Gasteiger partial charge in [-0.25, -0.2) is 15.0 Å². The monoisotopic (exact) mass is 716 g/mol. The Balaban J connectivity index is 1.23. The minimum absolute atomic E-state index is 0.585. The van der Waals surface area contributed by atoms with E-state index in [1.807, 2.05) is 72.8 Å². The Morgan fingerprint density at radius 3 is 1.54 bits per heavy atom. The van der Waals surface area contributed by atoms with Crippen LogP contribution in [-0.4, -0.2) is 19.5 Å². The van der Waals surface area contributed by atoms with E-state index in [1.165, 1.54) is 21.9 Å². The number of hydrogen-bond acceptors (Lipinski definition) is 4. The summed E-state index contributed by atoms with van der Waals surface area (Å²) in [7, 11) is 0. The maximum absolute atomic E-state index is 6.87. The lowest BCUT2D eigenvalue weighted by Gasteiger charge is -2.12. The highest BCUT2D eigenvalue weighted by Gasteiger charge is 2.23. The first kappa shape index (κ1) is 31.9. The lowest BCUT2D eigenvalue weighted by molar-refractivity contribution is 0.670. The summed E-state index contributed by atoms with van der Waals surface area (Å²) >= 11 is 0. The Morgan fingerprint density at radius 1 is 0.357 bits per heavy atom. The number of fused-ring (bicyclic) bond motifs is 6. The summed E-state index contributed by atoms with van der Waals surface area (Å²) < 4.78 is 9.27. The van der Waals surface area contributed by atoms with Crippen LogP contribution in [0.25, 0.3) is 106 Å². The number of rotatable bonds is 6. The van der Waals surface area contributed by atoms with Crippen LogP contribution in [0, 0.1) is 0 Å². The van der Waals surface area contributed by atoms with Crippen LogP contribution >= 0.6 is 0 Å². The van der Waals surface area contributed by atoms with Crippen LogP contribution in [-0.2, 0) is 0 Å². The Kier molecular flexibility index (Phi) is 7.42. The van der Waals surface area contributed by atoms with Gasteiger partial charge < -0.3 is 8.98 Å². The van der Waals surface area contributed by atoms with Crippen molar-refractivity contribution in [2.75, 3.05) is 0 Å². The lowest BCUT2D eigenvalue weighted by atomic mass is 9.99.